The summed E-state index contributed by atoms with van der Waals surface area (Å²) in [7, 11) is 0. The Bertz CT molecular complexity index is 1410. The zero-order chi connectivity index (χ0) is 25.2. The summed E-state index contributed by atoms with van der Waals surface area (Å²) >= 11 is 1.72. The molecule has 1 aliphatic heterocycles. The van der Waals surface area contributed by atoms with Crippen LogP contribution in [-0.2, 0) is 13.1 Å². The Hall–Kier alpha value is -3.24. The lowest BCUT2D eigenvalue weighted by Gasteiger charge is -2.31. The molecular formula is C27H32N6O3S. The van der Waals surface area contributed by atoms with Crippen molar-refractivity contribution in [1.29, 1.82) is 0 Å². The highest BCUT2D eigenvalue weighted by Gasteiger charge is 2.29. The predicted molar refractivity (Wildman–Crippen MR) is 142 cm³/mol. The number of nitrogens with zero attached hydrogens (tertiary/aromatic N) is 5. The monoisotopic (exact) mass is 520 g/mol. The average Bonchev–Trinajstić information content (AvgIpc) is 3.62. The number of hydrogen-bond donors (Lipinski definition) is 1. The lowest BCUT2D eigenvalue weighted by molar-refractivity contribution is 0.156. The van der Waals surface area contributed by atoms with Gasteiger partial charge < -0.3 is 14.5 Å². The number of nitrogens with one attached hydrogen (secondary N) is 1. The van der Waals surface area contributed by atoms with Crippen molar-refractivity contribution in [2.45, 2.75) is 70.6 Å². The summed E-state index contributed by atoms with van der Waals surface area (Å²) in [5.74, 6) is 2.27. The van der Waals surface area contributed by atoms with Gasteiger partial charge in [-0.15, -0.1) is 16.4 Å². The van der Waals surface area contributed by atoms with Crippen LogP contribution in [0.1, 0.15) is 73.8 Å². The molecule has 0 bridgehead atoms. The number of aromatic nitrogens is 5. The van der Waals surface area contributed by atoms with E-state index in [0.717, 1.165) is 36.0 Å². The van der Waals surface area contributed by atoms with E-state index in [1.807, 2.05) is 18.2 Å². The summed E-state index contributed by atoms with van der Waals surface area (Å²) in [6.45, 7) is 4.40. The van der Waals surface area contributed by atoms with Gasteiger partial charge in [0.1, 0.15) is 13.2 Å². The summed E-state index contributed by atoms with van der Waals surface area (Å²) in [5.41, 5.74) is 1.36. The van der Waals surface area contributed by atoms with Gasteiger partial charge in [-0.25, -0.2) is 4.68 Å². The molecule has 0 amide bonds. The summed E-state index contributed by atoms with van der Waals surface area (Å²) < 4.78 is 13.5. The molecule has 1 N–H and O–H groups in total. The average molecular weight is 521 g/mol. The third kappa shape index (κ3) is 5.00. The normalized spacial score (nSPS) is 16.9. The highest BCUT2D eigenvalue weighted by molar-refractivity contribution is 7.09. The van der Waals surface area contributed by atoms with Crippen molar-refractivity contribution in [3.8, 4) is 11.5 Å². The van der Waals surface area contributed by atoms with Gasteiger partial charge in [0.05, 0.1) is 17.6 Å². The van der Waals surface area contributed by atoms with Crippen molar-refractivity contribution in [3.05, 3.63) is 62.3 Å². The highest BCUT2D eigenvalue weighted by atomic mass is 32.1. The van der Waals surface area contributed by atoms with Crippen LogP contribution in [0.25, 0.3) is 10.9 Å². The summed E-state index contributed by atoms with van der Waals surface area (Å²) in [6.07, 6.45) is 6.76. The number of benzene rings is 1. The molecule has 1 unspecified atom stereocenters. The number of pyridine rings is 1. The van der Waals surface area contributed by atoms with Crippen molar-refractivity contribution in [2.24, 2.45) is 0 Å². The van der Waals surface area contributed by atoms with Gasteiger partial charge in [-0.2, -0.15) is 0 Å². The zero-order valence-corrected chi connectivity index (χ0v) is 21.9. The number of fused-ring (bicyclic) bond motifs is 2. The van der Waals surface area contributed by atoms with Crippen LogP contribution < -0.4 is 15.0 Å². The van der Waals surface area contributed by atoms with Gasteiger partial charge in [0.25, 0.3) is 5.56 Å². The lowest BCUT2D eigenvalue weighted by atomic mass is 9.95. The third-order valence-electron chi connectivity index (χ3n) is 7.46. The first-order valence-corrected chi connectivity index (χ1v) is 14.1. The molecule has 3 aromatic heterocycles. The Balaban J connectivity index is 1.36. The second-order valence-corrected chi connectivity index (χ2v) is 10.9. The minimum absolute atomic E-state index is 0.0191. The first-order chi connectivity index (χ1) is 18.2. The van der Waals surface area contributed by atoms with E-state index in [0.29, 0.717) is 49.4 Å². The van der Waals surface area contributed by atoms with Gasteiger partial charge >= 0.3 is 0 Å². The van der Waals surface area contributed by atoms with Gasteiger partial charge in [-0.05, 0) is 53.3 Å². The second kappa shape index (κ2) is 10.6. The molecule has 4 heterocycles. The molecule has 2 aliphatic rings. The van der Waals surface area contributed by atoms with Crippen LogP contribution in [0.4, 0.5) is 0 Å². The van der Waals surface area contributed by atoms with E-state index in [1.165, 1.54) is 24.1 Å². The molecule has 194 valence electrons. The molecule has 1 saturated carbocycles. The van der Waals surface area contributed by atoms with Gasteiger partial charge in [-0.1, -0.05) is 32.3 Å². The van der Waals surface area contributed by atoms with Crippen LogP contribution in [0.3, 0.4) is 0 Å². The van der Waals surface area contributed by atoms with E-state index >= 15 is 0 Å². The standard InChI is InChI=1S/C27H32N6O3S/c1-2-23(26-29-30-31-33(26)20-7-4-3-5-8-20)32(17-21-9-6-12-37-21)16-19-13-18-14-24-25(36-11-10-35-24)15-22(18)28-27(19)34/h6,9,12-15,20,23H,2-5,7-8,10-11,16-17H2,1H3,(H,28,34). The van der Waals surface area contributed by atoms with Crippen molar-refractivity contribution < 1.29 is 9.47 Å². The minimum atomic E-state index is -0.0953. The summed E-state index contributed by atoms with van der Waals surface area (Å²) in [5, 5.41) is 16.1. The number of H-pyrrole nitrogens is 1. The SMILES string of the molecule is CCC(c1nnnn1C1CCCCC1)N(Cc1cccs1)Cc1cc2cc3c(cc2[nH]c1=O)OCCO3. The fraction of sp³-hybridized carbons (Fsp3) is 0.481. The first kappa shape index (κ1) is 24.1. The Morgan fingerprint density at radius 1 is 1.14 bits per heavy atom. The molecule has 4 aromatic rings. The fourth-order valence-corrected chi connectivity index (χ4v) is 6.34. The minimum Gasteiger partial charge on any atom is -0.486 e. The molecule has 9 nitrogen and oxygen atoms in total. The molecule has 37 heavy (non-hydrogen) atoms. The molecule has 6 rings (SSSR count). The maximum absolute atomic E-state index is 13.3. The van der Waals surface area contributed by atoms with Gasteiger partial charge in [-0.3, -0.25) is 9.69 Å². The second-order valence-electron chi connectivity index (χ2n) is 9.89. The first-order valence-electron chi connectivity index (χ1n) is 13.2. The van der Waals surface area contributed by atoms with Crippen molar-refractivity contribution in [3.63, 3.8) is 0 Å². The van der Waals surface area contributed by atoms with Crippen LogP contribution in [0, 0.1) is 0 Å². The van der Waals surface area contributed by atoms with Crippen LogP contribution in [0.15, 0.2) is 40.5 Å². The van der Waals surface area contributed by atoms with Crippen molar-refractivity contribution >= 4 is 22.2 Å². The molecule has 1 atom stereocenters. The Labute approximate surface area is 219 Å². The maximum Gasteiger partial charge on any atom is 0.252 e. The molecule has 1 fully saturated rings. The molecule has 1 aliphatic carbocycles. The maximum atomic E-state index is 13.3. The van der Waals surface area contributed by atoms with Crippen LogP contribution in [0.5, 0.6) is 11.5 Å². The third-order valence-corrected chi connectivity index (χ3v) is 8.32. The number of tetrazole rings is 1. The number of rotatable bonds is 8. The summed E-state index contributed by atoms with van der Waals surface area (Å²) in [4.78, 5) is 19.9. The highest BCUT2D eigenvalue weighted by Crippen LogP contribution is 2.35. The summed E-state index contributed by atoms with van der Waals surface area (Å²) in [6, 6.07) is 10.3. The van der Waals surface area contributed by atoms with E-state index < -0.39 is 0 Å². The zero-order valence-electron chi connectivity index (χ0n) is 21.1. The number of thiophene rings is 1. The molecule has 10 heteroatoms. The van der Waals surface area contributed by atoms with E-state index in [-0.39, 0.29) is 11.6 Å². The lowest BCUT2D eigenvalue weighted by Crippen LogP contribution is -2.33. The number of hydrogen-bond acceptors (Lipinski definition) is 8. The van der Waals surface area contributed by atoms with Crippen LogP contribution in [-0.4, -0.2) is 43.3 Å². The van der Waals surface area contributed by atoms with E-state index in [2.05, 4.69) is 54.5 Å². The largest absolute Gasteiger partial charge is 0.486 e. The topological polar surface area (TPSA) is 98.2 Å². The van der Waals surface area contributed by atoms with E-state index in [1.54, 1.807) is 11.3 Å². The predicted octanol–water partition coefficient (Wildman–Crippen LogP) is 5.01. The van der Waals surface area contributed by atoms with E-state index in [9.17, 15) is 4.79 Å². The van der Waals surface area contributed by atoms with Gasteiger partial charge in [0, 0.05) is 35.0 Å². The van der Waals surface area contributed by atoms with Gasteiger partial charge in [0.2, 0.25) is 0 Å². The van der Waals surface area contributed by atoms with E-state index in [4.69, 9.17) is 9.47 Å². The Morgan fingerprint density at radius 2 is 1.95 bits per heavy atom. The molecule has 1 aromatic carbocycles. The Kier molecular flexibility index (Phi) is 6.93. The quantitative estimate of drug-likeness (QED) is 0.349. The van der Waals surface area contributed by atoms with Gasteiger partial charge in [0.15, 0.2) is 17.3 Å². The van der Waals surface area contributed by atoms with Crippen LogP contribution >= 0.6 is 11.3 Å². The number of ether oxygens (including phenoxy) is 2. The molecule has 0 spiro atoms. The number of aromatic amines is 1. The van der Waals surface area contributed by atoms with Crippen molar-refractivity contribution in [1.82, 2.24) is 30.1 Å². The Morgan fingerprint density at radius 3 is 2.70 bits per heavy atom. The molecule has 0 saturated heterocycles. The van der Waals surface area contributed by atoms with Crippen molar-refractivity contribution in [2.75, 3.05) is 13.2 Å². The smallest absolute Gasteiger partial charge is 0.252 e. The van der Waals surface area contributed by atoms with Crippen LogP contribution in [0.2, 0.25) is 0 Å². The molecule has 0 radical (unpaired) electrons. The fourth-order valence-electron chi connectivity index (χ4n) is 5.61. The molecular weight excluding hydrogens is 488 g/mol.